The lowest BCUT2D eigenvalue weighted by atomic mass is 10.1. The first-order valence-corrected chi connectivity index (χ1v) is 22.6. The number of anilines is 1. The van der Waals surface area contributed by atoms with Crippen LogP contribution in [0.2, 0.25) is 15.1 Å². The molecule has 0 atom stereocenters. The van der Waals surface area contributed by atoms with Crippen LogP contribution in [0.5, 0.6) is 17.2 Å². The smallest absolute Gasteiger partial charge is 0.284 e. The number of hydrogen-bond donors (Lipinski definition) is 3. The Bertz CT molecular complexity index is 3180. The summed E-state index contributed by atoms with van der Waals surface area (Å²) in [5.41, 5.74) is 2.77. The van der Waals surface area contributed by atoms with Crippen LogP contribution in [0, 0.1) is 11.3 Å². The molecule has 0 aliphatic heterocycles. The number of ketones is 1. The molecule has 0 saturated heterocycles. The minimum Gasteiger partial charge on any atom is -0.495 e. The van der Waals surface area contributed by atoms with E-state index in [0.717, 1.165) is 9.61 Å². The van der Waals surface area contributed by atoms with Crippen molar-refractivity contribution in [3.05, 3.63) is 126 Å². The molecule has 22 heteroatoms. The van der Waals surface area contributed by atoms with Crippen LogP contribution >= 0.6 is 101 Å². The Kier molecular flexibility index (Phi) is 15.2. The Morgan fingerprint density at radius 1 is 0.710 bits per heavy atom. The summed E-state index contributed by atoms with van der Waals surface area (Å²) in [6, 6.07) is 14.8. The number of benzene rings is 3. The summed E-state index contributed by atoms with van der Waals surface area (Å²) in [5.74, 6) is 0.719. The fourth-order valence-corrected chi connectivity index (χ4v) is 9.51. The maximum atomic E-state index is 12.2. The fourth-order valence-electron chi connectivity index (χ4n) is 5.56. The van der Waals surface area contributed by atoms with Crippen LogP contribution in [0.1, 0.15) is 32.8 Å². The second-order valence-corrected chi connectivity index (χ2v) is 17.6. The minimum atomic E-state index is -0.441. The zero-order valence-corrected chi connectivity index (χ0v) is 40.0. The van der Waals surface area contributed by atoms with Gasteiger partial charge < -0.3 is 29.5 Å². The molecule has 0 spiro atoms. The van der Waals surface area contributed by atoms with Crippen molar-refractivity contribution in [2.75, 3.05) is 26.6 Å². The molecule has 0 bridgehead atoms. The van der Waals surface area contributed by atoms with E-state index in [-0.39, 0.29) is 32.4 Å². The summed E-state index contributed by atoms with van der Waals surface area (Å²) in [6.45, 7) is 1.40. The van der Waals surface area contributed by atoms with Crippen LogP contribution in [-0.4, -0.2) is 57.9 Å². The number of nitrogens with zero attached hydrogens (tertiary/aromatic N) is 4. The van der Waals surface area contributed by atoms with Crippen LogP contribution in [0.15, 0.2) is 83.5 Å². The number of Topliss-reactive ketones (excluding diaryl/α,β-unsaturated/α-hetero) is 1. The molecule has 0 aliphatic carbocycles. The molecule has 1 amide bonds. The van der Waals surface area contributed by atoms with Gasteiger partial charge in [-0.3, -0.25) is 19.2 Å². The molecule has 8 aromatic rings. The molecular weight excluding hydrogens is 1050 g/mol. The van der Waals surface area contributed by atoms with E-state index < -0.39 is 5.91 Å². The molecule has 8 rings (SSSR count). The number of hydrogen-bond acceptors (Lipinski definition) is 14. The van der Waals surface area contributed by atoms with E-state index in [0.29, 0.717) is 81.4 Å². The van der Waals surface area contributed by atoms with E-state index in [4.69, 9.17) is 54.3 Å². The van der Waals surface area contributed by atoms with Crippen molar-refractivity contribution in [3.63, 3.8) is 0 Å². The van der Waals surface area contributed by atoms with E-state index in [1.165, 1.54) is 74.4 Å². The van der Waals surface area contributed by atoms with Crippen LogP contribution in [0.4, 0.5) is 5.69 Å². The second kappa shape index (κ2) is 20.3. The van der Waals surface area contributed by atoms with Gasteiger partial charge >= 0.3 is 0 Å². The number of rotatable bonds is 8. The van der Waals surface area contributed by atoms with Crippen LogP contribution < -0.4 is 30.4 Å². The van der Waals surface area contributed by atoms with E-state index >= 15 is 0 Å². The Morgan fingerprint density at radius 2 is 1.19 bits per heavy atom. The molecule has 3 aromatic carbocycles. The molecule has 0 unspecified atom stereocenters. The molecule has 5 heterocycles. The average Bonchev–Trinajstić information content (AvgIpc) is 4.04. The molecule has 3 N–H and O–H groups in total. The fraction of sp³-hybridized carbons (Fsp3) is 0.100. The van der Waals surface area contributed by atoms with Gasteiger partial charge in [-0.1, -0.05) is 34.8 Å². The number of thiazole rings is 3. The number of halogens is 5. The van der Waals surface area contributed by atoms with Crippen molar-refractivity contribution in [2.24, 2.45) is 0 Å². The van der Waals surface area contributed by atoms with Crippen molar-refractivity contribution >= 4 is 140 Å². The molecule has 62 heavy (non-hydrogen) atoms. The third kappa shape index (κ3) is 10.2. The first-order chi connectivity index (χ1) is 29.7. The Hall–Kier alpha value is -5.17. The number of ether oxygens (including phenoxy) is 3. The summed E-state index contributed by atoms with van der Waals surface area (Å²) < 4.78 is 16.7. The number of aromatic amines is 2. The number of methoxy groups -OCH3 is 3. The first-order valence-electron chi connectivity index (χ1n) is 17.2. The largest absolute Gasteiger partial charge is 0.495 e. The number of fused-ring (bicyclic) bond motifs is 2. The van der Waals surface area contributed by atoms with Gasteiger partial charge in [0.1, 0.15) is 57.6 Å². The third-order valence-corrected chi connectivity index (χ3v) is 13.6. The molecule has 0 fully saturated rings. The van der Waals surface area contributed by atoms with Crippen molar-refractivity contribution in [2.45, 2.75) is 6.92 Å². The molecule has 14 nitrogen and oxygen atoms in total. The summed E-state index contributed by atoms with van der Waals surface area (Å²) in [7, 11) is 4.50. The van der Waals surface area contributed by atoms with Crippen LogP contribution in [0.25, 0.3) is 43.2 Å². The highest BCUT2D eigenvalue weighted by Gasteiger charge is 2.20. The topological polar surface area (TPSA) is 202 Å². The predicted octanol–water partition coefficient (Wildman–Crippen LogP) is 11.3. The normalized spacial score (nSPS) is 10.6. The SMILES string of the molecule is COc1ccc(C(C)=O)c(NC(=O)c2nc(Br)cs2)c1Cl.COc1ccc2c(=O)cc(-c3nc(Br)cs3)[nH]c2c1Cl.COc1ccc2c(=O)cc(-c3nc(C#N)cs3)[nH]c2c1Cl. The molecule has 5 aromatic heterocycles. The second-order valence-electron chi connectivity index (χ2n) is 12.2. The first kappa shape index (κ1) is 46.3. The number of aromatic nitrogens is 5. The highest BCUT2D eigenvalue weighted by atomic mass is 79.9. The van der Waals surface area contributed by atoms with E-state index in [1.54, 1.807) is 47.2 Å². The summed E-state index contributed by atoms with van der Waals surface area (Å²) >= 11 is 29.0. The Morgan fingerprint density at radius 3 is 1.65 bits per heavy atom. The number of amides is 1. The zero-order valence-electron chi connectivity index (χ0n) is 32.1. The highest BCUT2D eigenvalue weighted by Crippen LogP contribution is 2.37. The molecular formula is C40H26Br2Cl3N7O7S3. The van der Waals surface area contributed by atoms with Gasteiger partial charge in [-0.05, 0) is 75.2 Å². The highest BCUT2D eigenvalue weighted by molar-refractivity contribution is 9.10. The number of nitrogens with one attached hydrogen (secondary N) is 3. The molecule has 0 radical (unpaired) electrons. The lowest BCUT2D eigenvalue weighted by Crippen LogP contribution is -2.15. The lowest BCUT2D eigenvalue weighted by Gasteiger charge is -2.13. The third-order valence-electron chi connectivity index (χ3n) is 8.42. The molecule has 0 aliphatic rings. The Labute approximate surface area is 394 Å². The number of carbonyl (C=O) groups excluding carboxylic acids is 2. The maximum absolute atomic E-state index is 12.2. The van der Waals surface area contributed by atoms with Crippen LogP contribution in [0.3, 0.4) is 0 Å². The van der Waals surface area contributed by atoms with E-state index in [1.807, 2.05) is 11.4 Å². The molecule has 316 valence electrons. The summed E-state index contributed by atoms with van der Waals surface area (Å²) in [5, 5.41) is 20.0. The summed E-state index contributed by atoms with van der Waals surface area (Å²) in [4.78, 5) is 66.9. The van der Waals surface area contributed by atoms with Gasteiger partial charge in [0.05, 0.1) is 49.4 Å². The average molecular weight is 1080 g/mol. The maximum Gasteiger partial charge on any atom is 0.284 e. The van der Waals surface area contributed by atoms with Gasteiger partial charge in [-0.15, -0.1) is 34.0 Å². The predicted molar refractivity (Wildman–Crippen MR) is 253 cm³/mol. The van der Waals surface area contributed by atoms with Gasteiger partial charge in [0.15, 0.2) is 27.3 Å². The number of carbonyl (C=O) groups is 2. The van der Waals surface area contributed by atoms with Crippen molar-refractivity contribution in [1.29, 1.82) is 5.26 Å². The monoisotopic (exact) mass is 1070 g/mol. The standard InChI is InChI=1S/C14H8ClN3O2S.C13H10BrClN2O3S.C13H8BrClN2O2S/c1-20-11-3-2-8-10(19)4-9(18-13(8)12(11)15)14-17-7(5-16)6-21-14;1-6(18)7-3-4-8(20-2)10(15)11(7)17-12(19)13-16-9(14)5-21-13;1-19-9-3-2-6-8(18)4-7(16-12(6)11(9)15)13-17-10(14)5-20-13/h2-4,6H,1H3,(H,18,19);3-5H,1-2H3,(H,17,19);2-5H,1H3,(H,16,18). The lowest BCUT2D eigenvalue weighted by molar-refractivity contribution is 0.101. The van der Waals surface area contributed by atoms with Gasteiger partial charge in [0.2, 0.25) is 0 Å². The zero-order chi connectivity index (χ0) is 44.8. The van der Waals surface area contributed by atoms with Crippen molar-refractivity contribution in [1.82, 2.24) is 24.9 Å². The van der Waals surface area contributed by atoms with E-state index in [9.17, 15) is 19.2 Å². The van der Waals surface area contributed by atoms with Crippen molar-refractivity contribution < 1.29 is 23.8 Å². The van der Waals surface area contributed by atoms with Gasteiger partial charge in [-0.2, -0.15) is 5.26 Å². The molecule has 0 saturated carbocycles. The van der Waals surface area contributed by atoms with Gasteiger partial charge in [0.25, 0.3) is 5.91 Å². The number of H-pyrrole nitrogens is 2. The number of pyridine rings is 2. The van der Waals surface area contributed by atoms with Crippen molar-refractivity contribution in [3.8, 4) is 44.7 Å². The van der Waals surface area contributed by atoms with E-state index in [2.05, 4.69) is 62.1 Å². The summed E-state index contributed by atoms with van der Waals surface area (Å²) in [6.07, 6.45) is 0. The quantitative estimate of drug-likeness (QED) is 0.122. The Balaban J connectivity index is 0.000000155. The minimum absolute atomic E-state index is 0.107. The van der Waals surface area contributed by atoms with Gasteiger partial charge in [0, 0.05) is 44.6 Å². The van der Waals surface area contributed by atoms with Gasteiger partial charge in [-0.25, -0.2) is 15.0 Å². The van der Waals surface area contributed by atoms with Crippen LogP contribution in [-0.2, 0) is 0 Å². The number of nitriles is 1.